The lowest BCUT2D eigenvalue weighted by atomic mass is 10.1. The first-order valence-corrected chi connectivity index (χ1v) is 12.3. The maximum Gasteiger partial charge on any atom is 0.119 e. The average molecular weight is 501 g/mol. The fourth-order valence-electron chi connectivity index (χ4n) is 4.96. The van der Waals surface area contributed by atoms with E-state index in [0.717, 1.165) is 67.4 Å². The molecule has 0 aliphatic heterocycles. The Morgan fingerprint density at radius 2 is 0.921 bits per heavy atom. The summed E-state index contributed by atoms with van der Waals surface area (Å²) in [4.78, 5) is 2.18. The number of anilines is 5. The highest BCUT2D eigenvalue weighted by molar-refractivity contribution is 6.10. The molecular formula is C32H28N4O2. The van der Waals surface area contributed by atoms with Gasteiger partial charge in [0.1, 0.15) is 11.5 Å². The number of nitrogen functional groups attached to an aromatic ring is 2. The minimum atomic E-state index is 0.723. The Kier molecular flexibility index (Phi) is 5.77. The van der Waals surface area contributed by atoms with Crippen molar-refractivity contribution in [2.75, 3.05) is 30.6 Å². The van der Waals surface area contributed by atoms with Gasteiger partial charge < -0.3 is 30.4 Å². The van der Waals surface area contributed by atoms with Crippen LogP contribution in [0.4, 0.5) is 28.4 Å². The van der Waals surface area contributed by atoms with E-state index in [1.807, 2.05) is 60.7 Å². The second-order valence-corrected chi connectivity index (χ2v) is 9.14. The number of fused-ring (bicyclic) bond motifs is 3. The van der Waals surface area contributed by atoms with E-state index in [-0.39, 0.29) is 0 Å². The quantitative estimate of drug-likeness (QED) is 0.232. The van der Waals surface area contributed by atoms with Crippen molar-refractivity contribution in [3.05, 3.63) is 109 Å². The number of benzene rings is 5. The first kappa shape index (κ1) is 23.3. The van der Waals surface area contributed by atoms with Gasteiger partial charge in [-0.15, -0.1) is 0 Å². The van der Waals surface area contributed by atoms with Crippen molar-refractivity contribution in [2.45, 2.75) is 0 Å². The number of nitrogens with two attached hydrogens (primary N) is 2. The molecule has 6 nitrogen and oxygen atoms in total. The van der Waals surface area contributed by atoms with Crippen LogP contribution in [-0.4, -0.2) is 18.8 Å². The summed E-state index contributed by atoms with van der Waals surface area (Å²) in [6.07, 6.45) is 0. The van der Waals surface area contributed by atoms with Crippen LogP contribution in [0.2, 0.25) is 0 Å². The van der Waals surface area contributed by atoms with Crippen molar-refractivity contribution in [1.82, 2.24) is 4.57 Å². The van der Waals surface area contributed by atoms with Crippen LogP contribution in [0.15, 0.2) is 109 Å². The zero-order valence-corrected chi connectivity index (χ0v) is 21.3. The second-order valence-electron chi connectivity index (χ2n) is 9.14. The summed E-state index contributed by atoms with van der Waals surface area (Å²) >= 11 is 0. The molecule has 188 valence electrons. The number of hydrogen-bond donors (Lipinski definition) is 2. The largest absolute Gasteiger partial charge is 0.497 e. The zero-order chi connectivity index (χ0) is 26.2. The minimum Gasteiger partial charge on any atom is -0.497 e. The maximum absolute atomic E-state index is 5.97. The number of methoxy groups -OCH3 is 2. The molecule has 0 bridgehead atoms. The van der Waals surface area contributed by atoms with E-state index in [1.54, 1.807) is 14.2 Å². The number of ether oxygens (including phenoxy) is 2. The van der Waals surface area contributed by atoms with Gasteiger partial charge in [-0.1, -0.05) is 0 Å². The Balaban J connectivity index is 1.50. The molecule has 0 aliphatic rings. The summed E-state index contributed by atoms with van der Waals surface area (Å²) in [7, 11) is 3.38. The molecule has 6 heteroatoms. The Bertz CT molecular complexity index is 1630. The fraction of sp³-hybridized carbons (Fsp3) is 0.0625. The van der Waals surface area contributed by atoms with Crippen LogP contribution >= 0.6 is 0 Å². The molecule has 0 saturated carbocycles. The number of hydrogen-bond acceptors (Lipinski definition) is 5. The van der Waals surface area contributed by atoms with Crippen molar-refractivity contribution >= 4 is 50.2 Å². The molecule has 0 saturated heterocycles. The highest BCUT2D eigenvalue weighted by Gasteiger charge is 2.16. The topological polar surface area (TPSA) is 78.7 Å². The summed E-state index contributed by atoms with van der Waals surface area (Å²) in [5.74, 6) is 1.63. The summed E-state index contributed by atoms with van der Waals surface area (Å²) < 4.78 is 13.3. The van der Waals surface area contributed by atoms with E-state index in [1.165, 1.54) is 0 Å². The van der Waals surface area contributed by atoms with E-state index in [9.17, 15) is 0 Å². The van der Waals surface area contributed by atoms with Crippen molar-refractivity contribution in [3.63, 3.8) is 0 Å². The summed E-state index contributed by atoms with van der Waals surface area (Å²) in [6, 6.07) is 36.6. The normalized spacial score (nSPS) is 11.1. The van der Waals surface area contributed by atoms with Gasteiger partial charge in [0.05, 0.1) is 25.3 Å². The van der Waals surface area contributed by atoms with Gasteiger partial charge in [0.15, 0.2) is 0 Å². The summed E-state index contributed by atoms with van der Waals surface area (Å²) in [5, 5.41) is 2.21. The lowest BCUT2D eigenvalue weighted by Gasteiger charge is -2.26. The zero-order valence-electron chi connectivity index (χ0n) is 21.3. The molecule has 38 heavy (non-hydrogen) atoms. The van der Waals surface area contributed by atoms with Gasteiger partial charge in [0.25, 0.3) is 0 Å². The predicted molar refractivity (Wildman–Crippen MR) is 157 cm³/mol. The standard InChI is InChI=1S/C32H28N4O2/c1-37-27-15-17-31-29(19-27)30-20-28(38-2)16-18-32(30)36(31)26-13-11-25(12-14-26)35(23-7-3-21(33)4-8-23)24-9-5-22(34)6-10-24/h3-20H,33-34H2,1-2H3. The van der Waals surface area contributed by atoms with Crippen LogP contribution in [-0.2, 0) is 0 Å². The molecule has 0 aliphatic carbocycles. The maximum atomic E-state index is 5.97. The van der Waals surface area contributed by atoms with Gasteiger partial charge in [0, 0.05) is 44.9 Å². The Hall–Kier alpha value is -5.10. The van der Waals surface area contributed by atoms with Gasteiger partial charge in [-0.3, -0.25) is 0 Å². The van der Waals surface area contributed by atoms with E-state index >= 15 is 0 Å². The molecule has 0 fully saturated rings. The lowest BCUT2D eigenvalue weighted by Crippen LogP contribution is -2.10. The van der Waals surface area contributed by atoms with E-state index < -0.39 is 0 Å². The van der Waals surface area contributed by atoms with Crippen molar-refractivity contribution in [2.24, 2.45) is 0 Å². The van der Waals surface area contributed by atoms with Gasteiger partial charge in [0.2, 0.25) is 0 Å². The molecular weight excluding hydrogens is 472 g/mol. The van der Waals surface area contributed by atoms with Crippen LogP contribution in [0.5, 0.6) is 11.5 Å². The highest BCUT2D eigenvalue weighted by atomic mass is 16.5. The highest BCUT2D eigenvalue weighted by Crippen LogP contribution is 2.38. The molecule has 0 amide bonds. The molecule has 6 rings (SSSR count). The van der Waals surface area contributed by atoms with Crippen LogP contribution in [0.3, 0.4) is 0 Å². The molecule has 1 aromatic heterocycles. The Labute approximate surface area is 221 Å². The third-order valence-electron chi connectivity index (χ3n) is 6.85. The molecule has 4 N–H and O–H groups in total. The molecule has 0 unspecified atom stereocenters. The van der Waals surface area contributed by atoms with E-state index in [0.29, 0.717) is 0 Å². The van der Waals surface area contributed by atoms with Crippen molar-refractivity contribution < 1.29 is 9.47 Å². The molecule has 0 atom stereocenters. The first-order chi connectivity index (χ1) is 18.6. The van der Waals surface area contributed by atoms with Gasteiger partial charge in [-0.05, 0) is 109 Å². The third-order valence-corrected chi connectivity index (χ3v) is 6.85. The molecule has 0 radical (unpaired) electrons. The SMILES string of the molecule is COc1ccc2c(c1)c1cc(OC)ccc1n2-c1ccc(N(c2ccc(N)cc2)c2ccc(N)cc2)cc1. The monoisotopic (exact) mass is 500 g/mol. The van der Waals surface area contributed by atoms with Gasteiger partial charge in [-0.25, -0.2) is 0 Å². The van der Waals surface area contributed by atoms with Crippen LogP contribution in [0.25, 0.3) is 27.5 Å². The third kappa shape index (κ3) is 4.02. The van der Waals surface area contributed by atoms with Gasteiger partial charge in [-0.2, -0.15) is 0 Å². The molecule has 6 aromatic rings. The average Bonchev–Trinajstić information content (AvgIpc) is 3.28. The van der Waals surface area contributed by atoms with Crippen LogP contribution in [0.1, 0.15) is 0 Å². The van der Waals surface area contributed by atoms with Gasteiger partial charge >= 0.3 is 0 Å². The van der Waals surface area contributed by atoms with E-state index in [2.05, 4.69) is 58.0 Å². The molecule has 0 spiro atoms. The lowest BCUT2D eigenvalue weighted by molar-refractivity contribution is 0.415. The summed E-state index contributed by atoms with van der Waals surface area (Å²) in [5.41, 5.74) is 19.7. The second kappa shape index (κ2) is 9.41. The first-order valence-electron chi connectivity index (χ1n) is 12.3. The number of rotatable bonds is 6. The Morgan fingerprint density at radius 3 is 1.32 bits per heavy atom. The van der Waals surface area contributed by atoms with E-state index in [4.69, 9.17) is 20.9 Å². The van der Waals surface area contributed by atoms with Crippen LogP contribution in [0, 0.1) is 0 Å². The molecule has 5 aromatic carbocycles. The fourth-order valence-corrected chi connectivity index (χ4v) is 4.96. The number of nitrogens with zero attached hydrogens (tertiary/aromatic N) is 2. The smallest absolute Gasteiger partial charge is 0.119 e. The summed E-state index contributed by atoms with van der Waals surface area (Å²) in [6.45, 7) is 0. The van der Waals surface area contributed by atoms with Crippen molar-refractivity contribution in [1.29, 1.82) is 0 Å². The number of aromatic nitrogens is 1. The Morgan fingerprint density at radius 1 is 0.526 bits per heavy atom. The van der Waals surface area contributed by atoms with Crippen molar-refractivity contribution in [3.8, 4) is 17.2 Å². The minimum absolute atomic E-state index is 0.723. The predicted octanol–water partition coefficient (Wildman–Crippen LogP) is 7.44. The molecule has 1 heterocycles. The van der Waals surface area contributed by atoms with Crippen LogP contribution < -0.4 is 25.8 Å².